The van der Waals surface area contributed by atoms with Crippen LogP contribution in [0.4, 0.5) is 5.69 Å². The second-order valence-electron chi connectivity index (χ2n) is 9.14. The molecular weight excluding hydrogens is 446 g/mol. The maximum Gasteiger partial charge on any atom is 0.253 e. The van der Waals surface area contributed by atoms with Crippen molar-refractivity contribution in [1.82, 2.24) is 30.1 Å². The summed E-state index contributed by atoms with van der Waals surface area (Å²) in [5.74, 6) is 0.965. The molecule has 6 rings (SSSR count). The Hall–Kier alpha value is -4.21. The number of benzene rings is 2. The highest BCUT2D eigenvalue weighted by Gasteiger charge is 2.54. The standard InChI is InChI=1S/C25H25N7O3/c1-17-27-22(35-29-17)15-31-16-32(20-5-3-2-4-6-20)25(24(31)34)9-11-30(12-10-25)23(33)18-7-8-21-19(13-18)14-26-28-21/h2-8,13-14H,9-12,15-16H2,1H3,(H,26,28). The van der Waals surface area contributed by atoms with Gasteiger partial charge in [0.1, 0.15) is 12.1 Å². The van der Waals surface area contributed by atoms with Gasteiger partial charge in [-0.3, -0.25) is 14.7 Å². The summed E-state index contributed by atoms with van der Waals surface area (Å²) < 4.78 is 5.28. The van der Waals surface area contributed by atoms with E-state index >= 15 is 0 Å². The lowest BCUT2D eigenvalue weighted by atomic mass is 9.85. The number of hydrogen-bond acceptors (Lipinski definition) is 7. The maximum absolute atomic E-state index is 13.8. The van der Waals surface area contributed by atoms with E-state index in [1.165, 1.54) is 0 Å². The summed E-state index contributed by atoms with van der Waals surface area (Å²) in [5.41, 5.74) is 1.78. The molecule has 0 bridgehead atoms. The summed E-state index contributed by atoms with van der Waals surface area (Å²) in [6, 6.07) is 15.5. The van der Waals surface area contributed by atoms with E-state index in [4.69, 9.17) is 4.52 Å². The minimum absolute atomic E-state index is 0.0298. The quantitative estimate of drug-likeness (QED) is 0.487. The van der Waals surface area contributed by atoms with Crippen LogP contribution in [-0.4, -0.2) is 67.2 Å². The fourth-order valence-corrected chi connectivity index (χ4v) is 5.23. The van der Waals surface area contributed by atoms with Crippen LogP contribution in [0.3, 0.4) is 0 Å². The predicted molar refractivity (Wildman–Crippen MR) is 127 cm³/mol. The minimum atomic E-state index is -0.721. The van der Waals surface area contributed by atoms with Crippen molar-refractivity contribution in [3.8, 4) is 0 Å². The van der Waals surface area contributed by atoms with Crippen molar-refractivity contribution in [2.45, 2.75) is 31.8 Å². The predicted octanol–water partition coefficient (Wildman–Crippen LogP) is 2.74. The van der Waals surface area contributed by atoms with E-state index in [0.717, 1.165) is 16.6 Å². The third-order valence-corrected chi connectivity index (χ3v) is 7.04. The van der Waals surface area contributed by atoms with E-state index in [1.54, 1.807) is 18.0 Å². The van der Waals surface area contributed by atoms with Crippen LogP contribution < -0.4 is 4.90 Å². The molecule has 2 aliphatic heterocycles. The highest BCUT2D eigenvalue weighted by atomic mass is 16.5. The van der Waals surface area contributed by atoms with Crippen molar-refractivity contribution in [2.24, 2.45) is 0 Å². The summed E-state index contributed by atoms with van der Waals surface area (Å²) in [4.78, 5) is 37.1. The van der Waals surface area contributed by atoms with Gasteiger partial charge in [0.25, 0.3) is 11.8 Å². The molecular formula is C25H25N7O3. The first-order valence-electron chi connectivity index (χ1n) is 11.7. The number of carbonyl (C=O) groups is 2. The average molecular weight is 472 g/mol. The molecule has 2 amide bonds. The van der Waals surface area contributed by atoms with Gasteiger partial charge in [-0.05, 0) is 50.1 Å². The van der Waals surface area contributed by atoms with Crippen LogP contribution in [0.25, 0.3) is 10.9 Å². The number of aromatic amines is 1. The zero-order chi connectivity index (χ0) is 24.0. The zero-order valence-corrected chi connectivity index (χ0v) is 19.3. The molecule has 4 aromatic rings. The Labute approximate surface area is 201 Å². The van der Waals surface area contributed by atoms with Crippen LogP contribution in [0.2, 0.25) is 0 Å². The number of hydrogen-bond donors (Lipinski definition) is 1. The number of aryl methyl sites for hydroxylation is 1. The Morgan fingerprint density at radius 1 is 1.14 bits per heavy atom. The van der Waals surface area contributed by atoms with Crippen LogP contribution >= 0.6 is 0 Å². The van der Waals surface area contributed by atoms with Gasteiger partial charge >= 0.3 is 0 Å². The number of fused-ring (bicyclic) bond motifs is 1. The summed E-state index contributed by atoms with van der Waals surface area (Å²) in [7, 11) is 0. The molecule has 4 heterocycles. The first-order valence-corrected chi connectivity index (χ1v) is 11.7. The number of rotatable bonds is 4. The van der Waals surface area contributed by atoms with E-state index < -0.39 is 5.54 Å². The number of aromatic nitrogens is 4. The van der Waals surface area contributed by atoms with E-state index in [1.807, 2.05) is 53.4 Å². The molecule has 0 saturated carbocycles. The molecule has 1 N–H and O–H groups in total. The fourth-order valence-electron chi connectivity index (χ4n) is 5.23. The minimum Gasteiger partial charge on any atom is -0.339 e. The average Bonchev–Trinajstić information content (AvgIpc) is 3.59. The van der Waals surface area contributed by atoms with Gasteiger partial charge in [0, 0.05) is 29.7 Å². The van der Waals surface area contributed by atoms with Crippen LogP contribution in [0.5, 0.6) is 0 Å². The van der Waals surface area contributed by atoms with Gasteiger partial charge in [0.2, 0.25) is 5.89 Å². The Bertz CT molecular complexity index is 1390. The summed E-state index contributed by atoms with van der Waals surface area (Å²) in [6.45, 7) is 3.43. The third kappa shape index (κ3) is 3.61. The molecule has 1 spiro atoms. The van der Waals surface area contributed by atoms with Gasteiger partial charge < -0.3 is 19.2 Å². The van der Waals surface area contributed by atoms with E-state index in [9.17, 15) is 9.59 Å². The largest absolute Gasteiger partial charge is 0.339 e. The molecule has 2 aromatic heterocycles. The zero-order valence-electron chi connectivity index (χ0n) is 19.3. The number of piperidine rings is 1. The van der Waals surface area contributed by atoms with Crippen LogP contribution in [0.1, 0.15) is 34.9 Å². The monoisotopic (exact) mass is 471 g/mol. The first-order chi connectivity index (χ1) is 17.0. The number of para-hydroxylation sites is 1. The molecule has 10 heteroatoms. The van der Waals surface area contributed by atoms with Crippen molar-refractivity contribution in [2.75, 3.05) is 24.7 Å². The Morgan fingerprint density at radius 2 is 1.94 bits per heavy atom. The topological polar surface area (TPSA) is 111 Å². The number of H-pyrrole nitrogens is 1. The number of nitrogens with one attached hydrogen (secondary N) is 1. The maximum atomic E-state index is 13.8. The molecule has 35 heavy (non-hydrogen) atoms. The first kappa shape index (κ1) is 21.3. The third-order valence-electron chi connectivity index (χ3n) is 7.04. The molecule has 178 valence electrons. The van der Waals surface area contributed by atoms with Crippen LogP contribution in [0, 0.1) is 6.92 Å². The molecule has 0 atom stereocenters. The molecule has 2 aromatic carbocycles. The van der Waals surface area contributed by atoms with Crippen LogP contribution in [-0.2, 0) is 11.3 Å². The van der Waals surface area contributed by atoms with Gasteiger partial charge in [-0.25, -0.2) is 0 Å². The molecule has 0 radical (unpaired) electrons. The molecule has 2 fully saturated rings. The van der Waals surface area contributed by atoms with Gasteiger partial charge in [0.05, 0.1) is 18.4 Å². The molecule has 2 saturated heterocycles. The van der Waals surface area contributed by atoms with Gasteiger partial charge in [-0.2, -0.15) is 10.1 Å². The lowest BCUT2D eigenvalue weighted by Crippen LogP contribution is -2.57. The van der Waals surface area contributed by atoms with Crippen molar-refractivity contribution in [3.05, 3.63) is 72.0 Å². The second-order valence-corrected chi connectivity index (χ2v) is 9.14. The van der Waals surface area contributed by atoms with E-state index in [2.05, 4.69) is 25.2 Å². The Kier molecular flexibility index (Phi) is 5.01. The van der Waals surface area contributed by atoms with Crippen LogP contribution in [0.15, 0.2) is 59.3 Å². The second kappa shape index (κ2) is 8.23. The number of carbonyl (C=O) groups excluding carboxylic acids is 2. The number of amides is 2. The van der Waals surface area contributed by atoms with Gasteiger partial charge in [-0.15, -0.1) is 0 Å². The Balaban J connectivity index is 1.25. The Morgan fingerprint density at radius 3 is 2.69 bits per heavy atom. The van der Waals surface area contributed by atoms with Gasteiger partial charge in [-0.1, -0.05) is 23.4 Å². The van der Waals surface area contributed by atoms with Crippen molar-refractivity contribution < 1.29 is 14.1 Å². The summed E-state index contributed by atoms with van der Waals surface area (Å²) >= 11 is 0. The van der Waals surface area contributed by atoms with E-state index in [-0.39, 0.29) is 18.4 Å². The molecule has 10 nitrogen and oxygen atoms in total. The summed E-state index contributed by atoms with van der Waals surface area (Å²) in [5, 5.41) is 11.7. The number of likely N-dealkylation sites (tertiary alicyclic amines) is 1. The smallest absolute Gasteiger partial charge is 0.253 e. The molecule has 0 aliphatic carbocycles. The highest BCUT2D eigenvalue weighted by molar-refractivity contribution is 5.98. The van der Waals surface area contributed by atoms with Crippen molar-refractivity contribution >= 4 is 28.4 Å². The highest BCUT2D eigenvalue weighted by Crippen LogP contribution is 2.40. The number of anilines is 1. The van der Waals surface area contributed by atoms with Gasteiger partial charge in [0.15, 0.2) is 5.82 Å². The normalized spacial score (nSPS) is 17.6. The lowest BCUT2D eigenvalue weighted by Gasteiger charge is -2.43. The number of nitrogens with zero attached hydrogens (tertiary/aromatic N) is 6. The lowest BCUT2D eigenvalue weighted by molar-refractivity contribution is -0.134. The van der Waals surface area contributed by atoms with Crippen molar-refractivity contribution in [1.29, 1.82) is 0 Å². The fraction of sp³-hybridized carbons (Fsp3) is 0.320. The van der Waals surface area contributed by atoms with Crippen molar-refractivity contribution in [3.63, 3.8) is 0 Å². The molecule has 0 unspecified atom stereocenters. The van der Waals surface area contributed by atoms with E-state index in [0.29, 0.717) is 49.9 Å². The summed E-state index contributed by atoms with van der Waals surface area (Å²) in [6.07, 6.45) is 2.80. The SMILES string of the molecule is Cc1noc(CN2CN(c3ccccc3)C3(CCN(C(=O)c4ccc5[nH]ncc5c4)CC3)C2=O)n1. The molecule has 2 aliphatic rings.